The molecule has 0 fully saturated rings. The van der Waals surface area contributed by atoms with E-state index in [0.29, 0.717) is 12.1 Å². The maximum absolute atomic E-state index is 12.3. The van der Waals surface area contributed by atoms with Gasteiger partial charge in [0.1, 0.15) is 0 Å². The van der Waals surface area contributed by atoms with Crippen LogP contribution in [0.15, 0.2) is 16.6 Å². The van der Waals surface area contributed by atoms with Gasteiger partial charge in [0.15, 0.2) is 5.75 Å². The highest BCUT2D eigenvalue weighted by molar-refractivity contribution is 9.10. The molecule has 1 rings (SSSR count). The Kier molecular flexibility index (Phi) is 3.51. The van der Waals surface area contributed by atoms with Crippen molar-refractivity contribution >= 4 is 21.6 Å². The van der Waals surface area contributed by atoms with Gasteiger partial charge in [-0.15, -0.1) is 13.2 Å². The molecular formula is C8H4BrF6NO. The van der Waals surface area contributed by atoms with Crippen LogP contribution >= 0.6 is 15.9 Å². The molecule has 17 heavy (non-hydrogen) atoms. The Morgan fingerprint density at radius 2 is 1.59 bits per heavy atom. The van der Waals surface area contributed by atoms with Crippen molar-refractivity contribution < 1.29 is 31.1 Å². The van der Waals surface area contributed by atoms with Crippen LogP contribution < -0.4 is 10.5 Å². The van der Waals surface area contributed by atoms with E-state index < -0.39 is 34.0 Å². The average molecular weight is 324 g/mol. The van der Waals surface area contributed by atoms with E-state index in [0.717, 1.165) is 0 Å². The van der Waals surface area contributed by atoms with Gasteiger partial charge in [0.2, 0.25) is 0 Å². The summed E-state index contributed by atoms with van der Waals surface area (Å²) in [6, 6.07) is 0.823. The Balaban J connectivity index is 3.20. The highest BCUT2D eigenvalue weighted by Gasteiger charge is 2.36. The fraction of sp³-hybridized carbons (Fsp3) is 0.250. The number of nitrogen functional groups attached to an aromatic ring is 1. The van der Waals surface area contributed by atoms with Crippen molar-refractivity contribution in [3.05, 3.63) is 22.2 Å². The van der Waals surface area contributed by atoms with Gasteiger partial charge in [-0.05, 0) is 28.1 Å². The molecule has 0 aromatic heterocycles. The lowest BCUT2D eigenvalue weighted by Crippen LogP contribution is -2.19. The zero-order valence-electron chi connectivity index (χ0n) is 7.79. The van der Waals surface area contributed by atoms with Gasteiger partial charge in [0.05, 0.1) is 15.7 Å². The highest BCUT2D eigenvalue weighted by atomic mass is 79.9. The second kappa shape index (κ2) is 4.28. The number of hydrogen-bond acceptors (Lipinski definition) is 2. The van der Waals surface area contributed by atoms with Crippen molar-refractivity contribution in [2.45, 2.75) is 12.5 Å². The van der Waals surface area contributed by atoms with Crippen molar-refractivity contribution in [2.75, 3.05) is 5.73 Å². The van der Waals surface area contributed by atoms with E-state index >= 15 is 0 Å². The van der Waals surface area contributed by atoms with Gasteiger partial charge in [0.25, 0.3) is 0 Å². The molecule has 0 unspecified atom stereocenters. The summed E-state index contributed by atoms with van der Waals surface area (Å²) in [6.45, 7) is 0. The number of rotatable bonds is 1. The van der Waals surface area contributed by atoms with Gasteiger partial charge in [0, 0.05) is 0 Å². The number of benzene rings is 1. The Bertz CT molecular complexity index is 404. The molecule has 96 valence electrons. The molecule has 0 amide bonds. The molecule has 0 spiro atoms. The molecule has 0 heterocycles. The van der Waals surface area contributed by atoms with Crippen molar-refractivity contribution in [2.24, 2.45) is 0 Å². The lowest BCUT2D eigenvalue weighted by atomic mass is 10.2. The first kappa shape index (κ1) is 13.9. The number of ether oxygens (including phenoxy) is 1. The molecule has 1 aromatic carbocycles. The van der Waals surface area contributed by atoms with Gasteiger partial charge in [-0.25, -0.2) is 0 Å². The fourth-order valence-electron chi connectivity index (χ4n) is 1.00. The van der Waals surface area contributed by atoms with E-state index in [1.165, 1.54) is 0 Å². The number of nitrogens with two attached hydrogens (primary N) is 1. The molecule has 0 atom stereocenters. The lowest BCUT2D eigenvalue weighted by Gasteiger charge is -2.15. The monoisotopic (exact) mass is 323 g/mol. The maximum atomic E-state index is 12.3. The van der Waals surface area contributed by atoms with Crippen molar-refractivity contribution in [3.63, 3.8) is 0 Å². The quantitative estimate of drug-likeness (QED) is 0.627. The number of alkyl halides is 6. The summed E-state index contributed by atoms with van der Waals surface area (Å²) in [7, 11) is 0. The molecule has 0 aliphatic carbocycles. The van der Waals surface area contributed by atoms with E-state index in [1.54, 1.807) is 0 Å². The Morgan fingerprint density at radius 3 is 1.94 bits per heavy atom. The first-order valence-corrected chi connectivity index (χ1v) is 4.72. The van der Waals surface area contributed by atoms with Gasteiger partial charge in [-0.1, -0.05) is 0 Å². The van der Waals surface area contributed by atoms with Crippen LogP contribution in [-0.4, -0.2) is 6.36 Å². The first-order chi connectivity index (χ1) is 7.50. The molecule has 2 N–H and O–H groups in total. The zero-order chi connectivity index (χ0) is 13.4. The third kappa shape index (κ3) is 3.69. The molecule has 2 nitrogen and oxygen atoms in total. The van der Waals surface area contributed by atoms with Crippen LogP contribution in [-0.2, 0) is 6.18 Å². The molecule has 0 aliphatic heterocycles. The average Bonchev–Trinajstić information content (AvgIpc) is 2.07. The minimum absolute atomic E-state index is 0.367. The summed E-state index contributed by atoms with van der Waals surface area (Å²) in [6.07, 6.45) is -9.73. The predicted molar refractivity (Wildman–Crippen MR) is 50.2 cm³/mol. The predicted octanol–water partition coefficient (Wildman–Crippen LogP) is 3.95. The summed E-state index contributed by atoms with van der Waals surface area (Å²) in [5.74, 6) is -0.898. The van der Waals surface area contributed by atoms with Crippen LogP contribution in [0.2, 0.25) is 0 Å². The summed E-state index contributed by atoms with van der Waals surface area (Å²) in [5.41, 5.74) is 3.14. The van der Waals surface area contributed by atoms with E-state index in [-0.39, 0.29) is 0 Å². The van der Waals surface area contributed by atoms with Gasteiger partial charge >= 0.3 is 12.5 Å². The standard InChI is InChI=1S/C8H4BrF6NO/c9-4-1-3(7(10,11)12)2-5(16)6(4)17-8(13,14)15/h1-2H,16H2. The van der Waals surface area contributed by atoms with E-state index in [4.69, 9.17) is 5.73 Å². The molecular weight excluding hydrogens is 320 g/mol. The molecule has 9 heteroatoms. The van der Waals surface area contributed by atoms with E-state index in [1.807, 2.05) is 0 Å². The second-order valence-corrected chi connectivity index (χ2v) is 3.78. The number of anilines is 1. The first-order valence-electron chi connectivity index (χ1n) is 3.92. The highest BCUT2D eigenvalue weighted by Crippen LogP contribution is 2.40. The summed E-state index contributed by atoms with van der Waals surface area (Å²) in [4.78, 5) is 0. The zero-order valence-corrected chi connectivity index (χ0v) is 9.37. The molecule has 0 saturated heterocycles. The third-order valence-corrected chi connectivity index (χ3v) is 2.21. The smallest absolute Gasteiger partial charge is 0.402 e. The SMILES string of the molecule is Nc1cc(C(F)(F)F)cc(Br)c1OC(F)(F)F. The minimum Gasteiger partial charge on any atom is -0.402 e. The molecule has 0 saturated carbocycles. The fourth-order valence-corrected chi connectivity index (χ4v) is 1.56. The van der Waals surface area contributed by atoms with Crippen LogP contribution in [0.4, 0.5) is 32.0 Å². The van der Waals surface area contributed by atoms with Crippen molar-refractivity contribution in [3.8, 4) is 5.75 Å². The van der Waals surface area contributed by atoms with E-state index in [9.17, 15) is 26.3 Å². The topological polar surface area (TPSA) is 35.2 Å². The second-order valence-electron chi connectivity index (χ2n) is 2.92. The molecule has 1 aromatic rings. The lowest BCUT2D eigenvalue weighted by molar-refractivity contribution is -0.274. The van der Waals surface area contributed by atoms with Gasteiger partial charge in [-0.3, -0.25) is 0 Å². The minimum atomic E-state index is -5.03. The molecule has 0 radical (unpaired) electrons. The molecule has 0 bridgehead atoms. The number of halogens is 7. The van der Waals surface area contributed by atoms with Crippen molar-refractivity contribution in [1.82, 2.24) is 0 Å². The van der Waals surface area contributed by atoms with Gasteiger partial charge in [-0.2, -0.15) is 13.2 Å². The summed E-state index contributed by atoms with van der Waals surface area (Å²) >= 11 is 2.54. The normalized spacial score (nSPS) is 12.6. The molecule has 0 aliphatic rings. The van der Waals surface area contributed by atoms with Crippen LogP contribution in [0.1, 0.15) is 5.56 Å². The van der Waals surface area contributed by atoms with Crippen LogP contribution in [0, 0.1) is 0 Å². The van der Waals surface area contributed by atoms with Crippen LogP contribution in [0.25, 0.3) is 0 Å². The third-order valence-electron chi connectivity index (χ3n) is 1.62. The summed E-state index contributed by atoms with van der Waals surface area (Å²) < 4.78 is 75.5. The van der Waals surface area contributed by atoms with Crippen LogP contribution in [0.5, 0.6) is 5.75 Å². The van der Waals surface area contributed by atoms with Crippen LogP contribution in [0.3, 0.4) is 0 Å². The van der Waals surface area contributed by atoms with E-state index in [2.05, 4.69) is 20.7 Å². The largest absolute Gasteiger partial charge is 0.573 e. The maximum Gasteiger partial charge on any atom is 0.573 e. The van der Waals surface area contributed by atoms with Crippen molar-refractivity contribution in [1.29, 1.82) is 0 Å². The summed E-state index contributed by atoms with van der Waals surface area (Å²) in [5, 5.41) is 0. The Morgan fingerprint density at radius 1 is 1.06 bits per heavy atom. The Labute approximate surface area is 99.5 Å². The Hall–Kier alpha value is -1.12. The number of hydrogen-bond donors (Lipinski definition) is 1. The van der Waals surface area contributed by atoms with Gasteiger partial charge < -0.3 is 10.5 Å².